The SMILES string of the molecule is C=CC(C)(C)c1c2c(c(O)c3c1OC(C)(C)c1ccc(C)cc1-3)C(=O)[C@@H]1[C@H](OC)[C@@H]3C(=O)[C@@]4(C/C=C(\C)C(=O)O)OC(C)(C)[C@@H]3C[C@@]14O2. The van der Waals surface area contributed by atoms with E-state index < -0.39 is 57.5 Å². The van der Waals surface area contributed by atoms with Gasteiger partial charge < -0.3 is 29.2 Å². The van der Waals surface area contributed by atoms with Crippen LogP contribution in [0.1, 0.15) is 88.4 Å². The molecule has 4 heterocycles. The topological polar surface area (TPSA) is 129 Å². The van der Waals surface area contributed by atoms with Crippen LogP contribution in [0.15, 0.2) is 42.5 Å². The summed E-state index contributed by atoms with van der Waals surface area (Å²) in [5.41, 5.74) is -2.14. The molecule has 1 spiro atoms. The fourth-order valence-electron chi connectivity index (χ4n) is 9.48. The third kappa shape index (κ3) is 3.83. The van der Waals surface area contributed by atoms with Gasteiger partial charge in [0, 0.05) is 41.6 Å². The van der Waals surface area contributed by atoms with Gasteiger partial charge in [0.2, 0.25) is 0 Å². The number of aromatic hydroxyl groups is 1. The van der Waals surface area contributed by atoms with Crippen molar-refractivity contribution in [3.63, 3.8) is 0 Å². The fourth-order valence-corrected chi connectivity index (χ4v) is 9.48. The second-order valence-corrected chi connectivity index (χ2v) is 15.9. The first-order valence-corrected chi connectivity index (χ1v) is 16.6. The Morgan fingerprint density at radius 2 is 1.79 bits per heavy atom. The van der Waals surface area contributed by atoms with Crippen LogP contribution in [-0.2, 0) is 30.1 Å². The number of allylic oxidation sites excluding steroid dienone is 1. The highest BCUT2D eigenvalue weighted by atomic mass is 16.6. The van der Waals surface area contributed by atoms with Gasteiger partial charge in [-0.25, -0.2) is 4.79 Å². The number of phenols is 1. The average molecular weight is 657 g/mol. The zero-order valence-corrected chi connectivity index (χ0v) is 29.1. The molecule has 4 bridgehead atoms. The lowest BCUT2D eigenvalue weighted by Gasteiger charge is -2.72. The zero-order valence-electron chi connectivity index (χ0n) is 29.1. The highest BCUT2D eigenvalue weighted by molar-refractivity contribution is 6.11. The Labute approximate surface area is 280 Å². The molecule has 0 amide bonds. The van der Waals surface area contributed by atoms with Crippen molar-refractivity contribution in [3.8, 4) is 28.4 Å². The highest BCUT2D eigenvalue weighted by Crippen LogP contribution is 2.70. The Morgan fingerprint density at radius 3 is 2.42 bits per heavy atom. The third-order valence-corrected chi connectivity index (χ3v) is 12.0. The second-order valence-electron chi connectivity index (χ2n) is 15.9. The molecular formula is C39H44O9. The molecule has 0 aromatic heterocycles. The van der Waals surface area contributed by atoms with Crippen LogP contribution in [-0.4, -0.2) is 57.8 Å². The van der Waals surface area contributed by atoms with Crippen LogP contribution in [0.5, 0.6) is 17.2 Å². The maximum atomic E-state index is 15.3. The summed E-state index contributed by atoms with van der Waals surface area (Å²) >= 11 is 0. The number of rotatable bonds is 6. The molecule has 7 aliphatic rings. The van der Waals surface area contributed by atoms with Crippen LogP contribution in [0.2, 0.25) is 0 Å². The lowest BCUT2D eigenvalue weighted by atomic mass is 9.42. The summed E-state index contributed by atoms with van der Waals surface area (Å²) in [6.45, 7) is 19.2. The molecule has 2 aromatic rings. The number of ether oxygens (including phenoxy) is 4. The number of aliphatic carboxylic acids is 1. The monoisotopic (exact) mass is 656 g/mol. The van der Waals surface area contributed by atoms with Gasteiger partial charge in [-0.3, -0.25) is 9.59 Å². The number of fused-ring (bicyclic) bond motifs is 5. The van der Waals surface area contributed by atoms with E-state index in [0.29, 0.717) is 23.3 Å². The lowest BCUT2D eigenvalue weighted by Crippen LogP contribution is -2.87. The molecule has 2 aromatic carbocycles. The van der Waals surface area contributed by atoms with E-state index in [9.17, 15) is 19.8 Å². The van der Waals surface area contributed by atoms with E-state index >= 15 is 4.79 Å². The molecule has 9 rings (SSSR count). The number of carboxylic acids is 1. The van der Waals surface area contributed by atoms with Crippen LogP contribution in [0.3, 0.4) is 0 Å². The summed E-state index contributed by atoms with van der Waals surface area (Å²) in [7, 11) is 1.49. The number of hydrogen-bond donors (Lipinski definition) is 2. The van der Waals surface area contributed by atoms with E-state index in [1.807, 2.05) is 66.7 Å². The van der Waals surface area contributed by atoms with Crippen molar-refractivity contribution in [2.24, 2.45) is 17.8 Å². The smallest absolute Gasteiger partial charge is 0.330 e. The molecule has 0 radical (unpaired) electrons. The minimum Gasteiger partial charge on any atom is -0.506 e. The number of phenolic OH excluding ortho intramolecular Hbond substituents is 1. The molecule has 9 nitrogen and oxygen atoms in total. The van der Waals surface area contributed by atoms with Crippen molar-refractivity contribution in [1.29, 1.82) is 0 Å². The highest BCUT2D eigenvalue weighted by Gasteiger charge is 2.83. The molecule has 2 saturated heterocycles. The first-order chi connectivity index (χ1) is 22.3. The normalized spacial score (nSPS) is 32.0. The maximum Gasteiger partial charge on any atom is 0.330 e. The van der Waals surface area contributed by atoms with Crippen molar-refractivity contribution >= 4 is 17.5 Å². The van der Waals surface area contributed by atoms with Crippen LogP contribution in [0, 0.1) is 24.7 Å². The zero-order chi connectivity index (χ0) is 35.1. The van der Waals surface area contributed by atoms with Crippen LogP contribution in [0.4, 0.5) is 0 Å². The van der Waals surface area contributed by atoms with E-state index in [0.717, 1.165) is 16.7 Å². The average Bonchev–Trinajstić information content (AvgIpc) is 2.99. The van der Waals surface area contributed by atoms with Gasteiger partial charge in [-0.05, 0) is 53.5 Å². The lowest BCUT2D eigenvalue weighted by molar-refractivity contribution is -0.345. The molecule has 9 heteroatoms. The molecule has 254 valence electrons. The van der Waals surface area contributed by atoms with Crippen molar-refractivity contribution in [2.75, 3.05) is 7.11 Å². The van der Waals surface area contributed by atoms with Crippen molar-refractivity contribution in [3.05, 3.63) is 64.8 Å². The van der Waals surface area contributed by atoms with Gasteiger partial charge in [0.1, 0.15) is 28.4 Å². The summed E-state index contributed by atoms with van der Waals surface area (Å²) in [6, 6.07) is 5.97. The van der Waals surface area contributed by atoms with E-state index in [4.69, 9.17) is 18.9 Å². The number of carbonyl (C=O) groups excluding carboxylic acids is 2. The molecular weight excluding hydrogens is 612 g/mol. The quantitative estimate of drug-likeness (QED) is 0.261. The van der Waals surface area contributed by atoms with Gasteiger partial charge in [-0.1, -0.05) is 49.8 Å². The summed E-state index contributed by atoms with van der Waals surface area (Å²) < 4.78 is 26.9. The maximum absolute atomic E-state index is 15.3. The van der Waals surface area contributed by atoms with Crippen LogP contribution in [0.25, 0.3) is 11.1 Å². The number of Topliss-reactive ketones (excluding diaryl/α,β-unsaturated/α-hetero) is 2. The van der Waals surface area contributed by atoms with Gasteiger partial charge in [0.05, 0.1) is 29.1 Å². The van der Waals surface area contributed by atoms with Gasteiger partial charge in [-0.15, -0.1) is 6.58 Å². The van der Waals surface area contributed by atoms with E-state index in [-0.39, 0.29) is 40.8 Å². The largest absolute Gasteiger partial charge is 0.506 e. The van der Waals surface area contributed by atoms with Gasteiger partial charge in [-0.2, -0.15) is 0 Å². The number of carbonyl (C=O) groups is 3. The number of methoxy groups -OCH3 is 1. The van der Waals surface area contributed by atoms with Crippen molar-refractivity contribution < 1.29 is 43.5 Å². The Balaban J connectivity index is 1.58. The number of hydrogen-bond acceptors (Lipinski definition) is 8. The molecule has 5 fully saturated rings. The minimum absolute atomic E-state index is 0.00894. The molecule has 2 N–H and O–H groups in total. The molecule has 3 aliphatic carbocycles. The summed E-state index contributed by atoms with van der Waals surface area (Å²) in [5, 5.41) is 22.0. The number of carboxylic acid groups (broad SMARTS) is 1. The number of ketones is 2. The van der Waals surface area contributed by atoms with E-state index in [1.165, 1.54) is 20.1 Å². The van der Waals surface area contributed by atoms with Gasteiger partial charge in [0.25, 0.3) is 0 Å². The third-order valence-electron chi connectivity index (χ3n) is 12.0. The van der Waals surface area contributed by atoms with E-state index in [1.54, 1.807) is 6.08 Å². The molecule has 48 heavy (non-hydrogen) atoms. The second kappa shape index (κ2) is 9.82. The van der Waals surface area contributed by atoms with Gasteiger partial charge in [0.15, 0.2) is 22.8 Å². The summed E-state index contributed by atoms with van der Waals surface area (Å²) in [6.07, 6.45) is 2.57. The predicted octanol–water partition coefficient (Wildman–Crippen LogP) is 6.59. The van der Waals surface area contributed by atoms with Crippen molar-refractivity contribution in [2.45, 2.75) is 102 Å². The Hall–Kier alpha value is -3.95. The number of aryl methyl sites for hydroxylation is 1. The standard InChI is InChI=1S/C39H44O9/c1-11-35(4,5)27-31-23(20-16-18(2)12-13-21(20)36(6,7)46-31)28(40)25-29(41)26-30(45-10)24-22-17-39(26,47-32(25)27)38(33(24)42,48-37(22,8)9)15-14-19(3)34(43)44/h11-14,16,22,24,26,30,40H,1,15,17H2,2-10H3,(H,43,44)/b19-14+/t22-,24-,26-,30-,38-,39-/m1/s1. The Kier molecular flexibility index (Phi) is 6.67. The van der Waals surface area contributed by atoms with Gasteiger partial charge >= 0.3 is 5.97 Å². The fraction of sp³-hybridized carbons (Fsp3) is 0.513. The van der Waals surface area contributed by atoms with Crippen LogP contribution < -0.4 is 9.47 Å². The summed E-state index contributed by atoms with van der Waals surface area (Å²) in [5.74, 6) is -3.62. The van der Waals surface area contributed by atoms with Crippen molar-refractivity contribution in [1.82, 2.24) is 0 Å². The first-order valence-electron chi connectivity index (χ1n) is 16.6. The van der Waals surface area contributed by atoms with E-state index in [2.05, 4.69) is 6.58 Å². The first kappa shape index (κ1) is 32.6. The predicted molar refractivity (Wildman–Crippen MR) is 178 cm³/mol. The molecule has 6 atom stereocenters. The Bertz CT molecular complexity index is 1880. The molecule has 0 unspecified atom stereocenters. The molecule has 3 saturated carbocycles. The summed E-state index contributed by atoms with van der Waals surface area (Å²) in [4.78, 5) is 41.9. The minimum atomic E-state index is -1.70. The van der Waals surface area contributed by atoms with Crippen LogP contribution >= 0.6 is 0 Å². The molecule has 4 aliphatic heterocycles. The Morgan fingerprint density at radius 1 is 1.12 bits per heavy atom. The number of benzene rings is 2.